The number of hydrogen-bond donors (Lipinski definition) is 2. The highest BCUT2D eigenvalue weighted by molar-refractivity contribution is 5.80. The van der Waals surface area contributed by atoms with E-state index in [1.54, 1.807) is 31.5 Å². The quantitative estimate of drug-likeness (QED) is 0.694. The van der Waals surface area contributed by atoms with Crippen molar-refractivity contribution >= 4 is 5.97 Å². The molecule has 1 atom stereocenters. The molecule has 0 saturated heterocycles. The summed E-state index contributed by atoms with van der Waals surface area (Å²) in [5.74, 6) is -0.929. The molecule has 0 aromatic carbocycles. The Kier molecular flexibility index (Phi) is 5.06. The van der Waals surface area contributed by atoms with E-state index in [0.29, 0.717) is 25.3 Å². The first-order valence-electron chi connectivity index (χ1n) is 5.58. The van der Waals surface area contributed by atoms with Gasteiger partial charge in [-0.05, 0) is 19.9 Å². The Balaban J connectivity index is 2.73. The Bertz CT molecular complexity index is 356. The molecule has 94 valence electrons. The van der Waals surface area contributed by atoms with Crippen LogP contribution in [0.5, 0.6) is 0 Å². The van der Waals surface area contributed by atoms with Gasteiger partial charge >= 0.3 is 5.97 Å². The van der Waals surface area contributed by atoms with Gasteiger partial charge in [0, 0.05) is 31.1 Å². The Morgan fingerprint density at radius 3 is 2.94 bits per heavy atom. The van der Waals surface area contributed by atoms with Crippen molar-refractivity contribution in [1.82, 2.24) is 10.3 Å². The van der Waals surface area contributed by atoms with Crippen molar-refractivity contribution in [2.45, 2.75) is 19.4 Å². The second-order valence-corrected chi connectivity index (χ2v) is 3.80. The lowest BCUT2D eigenvalue weighted by Gasteiger charge is -2.26. The fourth-order valence-electron chi connectivity index (χ4n) is 1.48. The van der Waals surface area contributed by atoms with E-state index in [1.165, 1.54) is 0 Å². The van der Waals surface area contributed by atoms with E-state index >= 15 is 0 Å². The molecule has 0 saturated carbocycles. The maximum absolute atomic E-state index is 11.4. The van der Waals surface area contributed by atoms with Crippen LogP contribution in [0.2, 0.25) is 0 Å². The van der Waals surface area contributed by atoms with E-state index < -0.39 is 11.5 Å². The summed E-state index contributed by atoms with van der Waals surface area (Å²) in [4.78, 5) is 15.3. The summed E-state index contributed by atoms with van der Waals surface area (Å²) in [6.07, 6.45) is 3.17. The van der Waals surface area contributed by atoms with Crippen LogP contribution in [-0.4, -0.2) is 35.8 Å². The number of rotatable bonds is 7. The number of carboxylic acids is 1. The lowest BCUT2D eigenvalue weighted by Crippen LogP contribution is -2.47. The first-order chi connectivity index (χ1) is 8.11. The van der Waals surface area contributed by atoms with Crippen molar-refractivity contribution in [2.24, 2.45) is 0 Å². The van der Waals surface area contributed by atoms with Crippen LogP contribution in [0.3, 0.4) is 0 Å². The van der Waals surface area contributed by atoms with Crippen LogP contribution in [-0.2, 0) is 15.1 Å². The first-order valence-corrected chi connectivity index (χ1v) is 5.58. The van der Waals surface area contributed by atoms with Gasteiger partial charge in [0.15, 0.2) is 0 Å². The molecule has 0 radical (unpaired) electrons. The van der Waals surface area contributed by atoms with Crippen LogP contribution in [0.1, 0.15) is 19.4 Å². The van der Waals surface area contributed by atoms with Crippen LogP contribution in [0.4, 0.5) is 0 Å². The number of aliphatic carboxylic acids is 1. The van der Waals surface area contributed by atoms with E-state index in [1.807, 2.05) is 6.92 Å². The average Bonchev–Trinajstić information content (AvgIpc) is 2.35. The topological polar surface area (TPSA) is 71.5 Å². The number of nitrogens with one attached hydrogen (secondary N) is 1. The molecule has 2 N–H and O–H groups in total. The molecule has 5 heteroatoms. The summed E-state index contributed by atoms with van der Waals surface area (Å²) in [6, 6.07) is 3.47. The van der Waals surface area contributed by atoms with Gasteiger partial charge in [0.05, 0.1) is 6.61 Å². The monoisotopic (exact) mass is 238 g/mol. The number of hydrogen-bond acceptors (Lipinski definition) is 4. The van der Waals surface area contributed by atoms with E-state index in [9.17, 15) is 9.90 Å². The van der Waals surface area contributed by atoms with Crippen LogP contribution in [0, 0.1) is 0 Å². The van der Waals surface area contributed by atoms with Gasteiger partial charge in [0.1, 0.15) is 5.54 Å². The minimum atomic E-state index is -1.13. The molecule has 5 nitrogen and oxygen atoms in total. The van der Waals surface area contributed by atoms with Gasteiger partial charge in [-0.3, -0.25) is 10.3 Å². The predicted octanol–water partition coefficient (Wildman–Crippen LogP) is 1.01. The third-order valence-electron chi connectivity index (χ3n) is 2.60. The van der Waals surface area contributed by atoms with Gasteiger partial charge < -0.3 is 9.84 Å². The highest BCUT2D eigenvalue weighted by Crippen LogP contribution is 2.19. The Morgan fingerprint density at radius 1 is 1.65 bits per heavy atom. The molecule has 0 bridgehead atoms. The van der Waals surface area contributed by atoms with E-state index in [4.69, 9.17) is 4.74 Å². The zero-order valence-corrected chi connectivity index (χ0v) is 10.1. The van der Waals surface area contributed by atoms with Gasteiger partial charge in [0.2, 0.25) is 0 Å². The molecule has 0 spiro atoms. The molecular formula is C12H18N2O3. The van der Waals surface area contributed by atoms with Crippen LogP contribution in [0.25, 0.3) is 0 Å². The molecule has 0 aliphatic carbocycles. The largest absolute Gasteiger partial charge is 0.480 e. The lowest BCUT2D eigenvalue weighted by atomic mass is 9.93. The maximum atomic E-state index is 11.4. The molecule has 1 aromatic heterocycles. The molecule has 0 fully saturated rings. The summed E-state index contributed by atoms with van der Waals surface area (Å²) in [5, 5.41) is 12.3. The highest BCUT2D eigenvalue weighted by Gasteiger charge is 2.34. The number of nitrogens with zero attached hydrogens (tertiary/aromatic N) is 1. The van der Waals surface area contributed by atoms with Gasteiger partial charge in [-0.15, -0.1) is 0 Å². The fourth-order valence-corrected chi connectivity index (χ4v) is 1.48. The van der Waals surface area contributed by atoms with Crippen molar-refractivity contribution in [3.8, 4) is 0 Å². The Hall–Kier alpha value is -1.46. The van der Waals surface area contributed by atoms with Gasteiger partial charge in [0.25, 0.3) is 0 Å². The van der Waals surface area contributed by atoms with Crippen molar-refractivity contribution in [3.63, 3.8) is 0 Å². The van der Waals surface area contributed by atoms with E-state index in [-0.39, 0.29) is 0 Å². The SMILES string of the molecule is CCOCCNC(C)(C(=O)O)c1cccnc1. The third kappa shape index (κ3) is 3.51. The summed E-state index contributed by atoms with van der Waals surface area (Å²) >= 11 is 0. The smallest absolute Gasteiger partial charge is 0.328 e. The Labute approximate surface area is 101 Å². The summed E-state index contributed by atoms with van der Waals surface area (Å²) in [5.41, 5.74) is -0.505. The first kappa shape index (κ1) is 13.6. The third-order valence-corrected chi connectivity index (χ3v) is 2.60. The normalized spacial score (nSPS) is 14.2. The predicted molar refractivity (Wildman–Crippen MR) is 63.7 cm³/mol. The van der Waals surface area contributed by atoms with Crippen LogP contribution >= 0.6 is 0 Å². The molecule has 0 aliphatic rings. The average molecular weight is 238 g/mol. The fraction of sp³-hybridized carbons (Fsp3) is 0.500. The number of ether oxygens (including phenoxy) is 1. The minimum absolute atomic E-state index is 0.478. The number of carboxylic acid groups (broad SMARTS) is 1. The van der Waals surface area contributed by atoms with Crippen LogP contribution in [0.15, 0.2) is 24.5 Å². The van der Waals surface area contributed by atoms with Gasteiger partial charge in [-0.25, -0.2) is 4.79 Å². The standard InChI is InChI=1S/C12H18N2O3/c1-3-17-8-7-14-12(2,11(15)16)10-5-4-6-13-9-10/h4-6,9,14H,3,7-8H2,1-2H3,(H,15,16). The molecule has 1 heterocycles. The summed E-state index contributed by atoms with van der Waals surface area (Å²) in [7, 11) is 0. The van der Waals surface area contributed by atoms with Crippen molar-refractivity contribution in [3.05, 3.63) is 30.1 Å². The van der Waals surface area contributed by atoms with Gasteiger partial charge in [-0.2, -0.15) is 0 Å². The minimum Gasteiger partial charge on any atom is -0.480 e. The van der Waals surface area contributed by atoms with E-state index in [0.717, 1.165) is 0 Å². The molecule has 1 unspecified atom stereocenters. The van der Waals surface area contributed by atoms with Crippen molar-refractivity contribution in [1.29, 1.82) is 0 Å². The lowest BCUT2D eigenvalue weighted by molar-refractivity contribution is -0.144. The molecule has 17 heavy (non-hydrogen) atoms. The van der Waals surface area contributed by atoms with Crippen molar-refractivity contribution in [2.75, 3.05) is 19.8 Å². The highest BCUT2D eigenvalue weighted by atomic mass is 16.5. The molecule has 1 aromatic rings. The molecule has 1 rings (SSSR count). The Morgan fingerprint density at radius 2 is 2.41 bits per heavy atom. The number of carbonyl (C=O) groups is 1. The van der Waals surface area contributed by atoms with Crippen molar-refractivity contribution < 1.29 is 14.6 Å². The zero-order valence-electron chi connectivity index (χ0n) is 10.1. The summed E-state index contributed by atoms with van der Waals surface area (Å²) in [6.45, 7) is 5.11. The molecule has 0 aliphatic heterocycles. The molecule has 0 amide bonds. The second-order valence-electron chi connectivity index (χ2n) is 3.80. The maximum Gasteiger partial charge on any atom is 0.328 e. The van der Waals surface area contributed by atoms with Gasteiger partial charge in [-0.1, -0.05) is 6.07 Å². The second kappa shape index (κ2) is 6.32. The van der Waals surface area contributed by atoms with Crippen LogP contribution < -0.4 is 5.32 Å². The number of pyridine rings is 1. The number of aromatic nitrogens is 1. The summed E-state index contributed by atoms with van der Waals surface area (Å²) < 4.78 is 5.17. The zero-order chi connectivity index (χ0) is 12.7. The van der Waals surface area contributed by atoms with E-state index in [2.05, 4.69) is 10.3 Å². The molecular weight excluding hydrogens is 220 g/mol.